The van der Waals surface area contributed by atoms with Crippen molar-refractivity contribution in [2.75, 3.05) is 13.1 Å². The molecule has 1 rings (SSSR count). The van der Waals surface area contributed by atoms with Gasteiger partial charge in [-0.1, -0.05) is 18.8 Å². The molecule has 0 bridgehead atoms. The van der Waals surface area contributed by atoms with Gasteiger partial charge in [0.05, 0.1) is 13.0 Å². The van der Waals surface area contributed by atoms with E-state index in [-0.39, 0.29) is 0 Å². The molecule has 12 heavy (non-hydrogen) atoms. The number of hydrogen-bond acceptors (Lipinski definition) is 3. The van der Waals surface area contributed by atoms with Gasteiger partial charge < -0.3 is 5.32 Å². The van der Waals surface area contributed by atoms with Crippen LogP contribution in [-0.2, 0) is 6.42 Å². The van der Waals surface area contributed by atoms with E-state index in [1.165, 1.54) is 0 Å². The van der Waals surface area contributed by atoms with E-state index in [1.807, 2.05) is 11.6 Å². The molecular weight excluding hydrogens is 168 g/mol. The Bertz CT molecular complexity index is 256. The molecular formula is C9H12N2S. The Balaban J connectivity index is 2.19. The summed E-state index contributed by atoms with van der Waals surface area (Å²) < 4.78 is 0. The van der Waals surface area contributed by atoms with Gasteiger partial charge in [0, 0.05) is 11.6 Å². The minimum atomic E-state index is 0.780. The van der Waals surface area contributed by atoms with E-state index in [1.54, 1.807) is 11.3 Å². The number of nitrogens with one attached hydrogen (secondary N) is 1. The van der Waals surface area contributed by atoms with Crippen molar-refractivity contribution in [3.05, 3.63) is 16.6 Å². The number of rotatable bonds is 3. The predicted octanol–water partition coefficient (Wildman–Crippen LogP) is 1.30. The van der Waals surface area contributed by atoms with Gasteiger partial charge in [0.25, 0.3) is 0 Å². The van der Waals surface area contributed by atoms with E-state index in [4.69, 9.17) is 0 Å². The van der Waals surface area contributed by atoms with Crippen molar-refractivity contribution in [1.29, 1.82) is 0 Å². The molecule has 0 aliphatic carbocycles. The van der Waals surface area contributed by atoms with Crippen LogP contribution in [-0.4, -0.2) is 18.1 Å². The fourth-order valence-electron chi connectivity index (χ4n) is 0.728. The Kier molecular flexibility index (Phi) is 4.43. The summed E-state index contributed by atoms with van der Waals surface area (Å²) in [7, 11) is 0. The zero-order valence-corrected chi connectivity index (χ0v) is 7.95. The summed E-state index contributed by atoms with van der Waals surface area (Å²) >= 11 is 1.65. The highest BCUT2D eigenvalue weighted by Gasteiger charge is 1.88. The SMILES string of the molecule is CCNCC#CCc1nccs1. The molecule has 0 radical (unpaired) electrons. The molecule has 1 aromatic heterocycles. The molecule has 64 valence electrons. The van der Waals surface area contributed by atoms with Gasteiger partial charge in [-0.2, -0.15) is 0 Å². The van der Waals surface area contributed by atoms with E-state index < -0.39 is 0 Å². The number of aromatic nitrogens is 1. The lowest BCUT2D eigenvalue weighted by Gasteiger charge is -1.88. The maximum absolute atomic E-state index is 4.13. The standard InChI is InChI=1S/C9H12N2S/c1-2-10-6-4-3-5-9-11-7-8-12-9/h7-8,10H,2,5-6H2,1H3. The average Bonchev–Trinajstić information content (AvgIpc) is 2.57. The quantitative estimate of drug-likeness (QED) is 0.560. The maximum atomic E-state index is 4.13. The van der Waals surface area contributed by atoms with E-state index in [0.717, 1.165) is 24.5 Å². The van der Waals surface area contributed by atoms with Gasteiger partial charge in [-0.15, -0.1) is 11.3 Å². The third-order valence-electron chi connectivity index (χ3n) is 1.31. The van der Waals surface area contributed by atoms with Crippen molar-refractivity contribution in [3.8, 4) is 11.8 Å². The molecule has 0 aromatic carbocycles. The molecule has 0 aliphatic rings. The Morgan fingerprint density at radius 1 is 1.58 bits per heavy atom. The van der Waals surface area contributed by atoms with Crippen molar-refractivity contribution < 1.29 is 0 Å². The summed E-state index contributed by atoms with van der Waals surface area (Å²) in [6.07, 6.45) is 2.59. The molecule has 1 aromatic rings. The first-order chi connectivity index (χ1) is 5.93. The van der Waals surface area contributed by atoms with Crippen LogP contribution in [0.1, 0.15) is 11.9 Å². The van der Waals surface area contributed by atoms with Crippen molar-refractivity contribution in [1.82, 2.24) is 10.3 Å². The highest BCUT2D eigenvalue weighted by Crippen LogP contribution is 2.02. The lowest BCUT2D eigenvalue weighted by molar-refractivity contribution is 0.810. The molecule has 0 spiro atoms. The third-order valence-corrected chi connectivity index (χ3v) is 2.09. The second-order valence-electron chi connectivity index (χ2n) is 2.24. The Morgan fingerprint density at radius 2 is 2.50 bits per heavy atom. The molecule has 0 aliphatic heterocycles. The highest BCUT2D eigenvalue weighted by atomic mass is 32.1. The fraction of sp³-hybridized carbons (Fsp3) is 0.444. The lowest BCUT2D eigenvalue weighted by Crippen LogP contribution is -2.11. The molecule has 3 heteroatoms. The van der Waals surface area contributed by atoms with Crippen LogP contribution in [0.15, 0.2) is 11.6 Å². The van der Waals surface area contributed by atoms with E-state index in [9.17, 15) is 0 Å². The van der Waals surface area contributed by atoms with Crippen LogP contribution in [0.25, 0.3) is 0 Å². The van der Waals surface area contributed by atoms with Gasteiger partial charge in [0.15, 0.2) is 0 Å². The van der Waals surface area contributed by atoms with Crippen molar-refractivity contribution in [2.45, 2.75) is 13.3 Å². The first kappa shape index (κ1) is 9.24. The van der Waals surface area contributed by atoms with Gasteiger partial charge in [-0.25, -0.2) is 4.98 Å². The Hall–Kier alpha value is -0.850. The largest absolute Gasteiger partial charge is 0.307 e. The smallest absolute Gasteiger partial charge is 0.104 e. The van der Waals surface area contributed by atoms with Gasteiger partial charge in [0.2, 0.25) is 0 Å². The normalized spacial score (nSPS) is 9.08. The van der Waals surface area contributed by atoms with Crippen LogP contribution in [0.2, 0.25) is 0 Å². The van der Waals surface area contributed by atoms with E-state index in [0.29, 0.717) is 0 Å². The van der Waals surface area contributed by atoms with Gasteiger partial charge in [-0.05, 0) is 6.54 Å². The number of hydrogen-bond donors (Lipinski definition) is 1. The van der Waals surface area contributed by atoms with E-state index >= 15 is 0 Å². The van der Waals surface area contributed by atoms with Crippen LogP contribution in [0.3, 0.4) is 0 Å². The number of thiazole rings is 1. The summed E-state index contributed by atoms with van der Waals surface area (Å²) in [6, 6.07) is 0. The topological polar surface area (TPSA) is 24.9 Å². The Morgan fingerprint density at radius 3 is 3.17 bits per heavy atom. The zero-order valence-electron chi connectivity index (χ0n) is 7.13. The van der Waals surface area contributed by atoms with Gasteiger partial charge >= 0.3 is 0 Å². The minimum Gasteiger partial charge on any atom is -0.307 e. The minimum absolute atomic E-state index is 0.780. The third kappa shape index (κ3) is 3.51. The van der Waals surface area contributed by atoms with Gasteiger partial charge in [0.1, 0.15) is 5.01 Å². The second-order valence-corrected chi connectivity index (χ2v) is 3.22. The molecule has 1 heterocycles. The molecule has 0 fully saturated rings. The first-order valence-corrected chi connectivity index (χ1v) is 4.86. The summed E-state index contributed by atoms with van der Waals surface area (Å²) in [4.78, 5) is 4.13. The molecule has 0 atom stereocenters. The molecule has 2 nitrogen and oxygen atoms in total. The second kappa shape index (κ2) is 5.76. The summed E-state index contributed by atoms with van der Waals surface area (Å²) in [5.41, 5.74) is 0. The first-order valence-electron chi connectivity index (χ1n) is 3.98. The van der Waals surface area contributed by atoms with Crippen LogP contribution in [0, 0.1) is 11.8 Å². The summed E-state index contributed by atoms with van der Waals surface area (Å²) in [5.74, 6) is 6.09. The molecule has 0 saturated carbocycles. The van der Waals surface area contributed by atoms with Crippen LogP contribution >= 0.6 is 11.3 Å². The lowest BCUT2D eigenvalue weighted by atomic mass is 10.4. The summed E-state index contributed by atoms with van der Waals surface area (Å²) in [6.45, 7) is 3.83. The maximum Gasteiger partial charge on any atom is 0.104 e. The van der Waals surface area contributed by atoms with Crippen LogP contribution in [0.5, 0.6) is 0 Å². The molecule has 0 unspecified atom stereocenters. The van der Waals surface area contributed by atoms with Gasteiger partial charge in [-0.3, -0.25) is 0 Å². The predicted molar refractivity (Wildman–Crippen MR) is 52.1 cm³/mol. The summed E-state index contributed by atoms with van der Waals surface area (Å²) in [5, 5.41) is 6.21. The Labute approximate surface area is 77.0 Å². The fourth-order valence-corrected chi connectivity index (χ4v) is 1.28. The van der Waals surface area contributed by atoms with Crippen molar-refractivity contribution >= 4 is 11.3 Å². The van der Waals surface area contributed by atoms with Crippen LogP contribution < -0.4 is 5.32 Å². The van der Waals surface area contributed by atoms with Crippen molar-refractivity contribution in [2.24, 2.45) is 0 Å². The molecule has 0 amide bonds. The molecule has 0 saturated heterocycles. The van der Waals surface area contributed by atoms with Crippen LogP contribution in [0.4, 0.5) is 0 Å². The van der Waals surface area contributed by atoms with E-state index in [2.05, 4.69) is 29.1 Å². The monoisotopic (exact) mass is 180 g/mol. The number of nitrogens with zero attached hydrogens (tertiary/aromatic N) is 1. The van der Waals surface area contributed by atoms with Crippen molar-refractivity contribution in [3.63, 3.8) is 0 Å². The molecule has 1 N–H and O–H groups in total. The highest BCUT2D eigenvalue weighted by molar-refractivity contribution is 7.09. The average molecular weight is 180 g/mol. The zero-order chi connectivity index (χ0) is 8.65.